The van der Waals surface area contributed by atoms with E-state index in [9.17, 15) is 0 Å². The third-order valence-corrected chi connectivity index (χ3v) is 3.79. The lowest BCUT2D eigenvalue weighted by Crippen LogP contribution is -1.96. The maximum absolute atomic E-state index is 8.98. The van der Waals surface area contributed by atoms with Crippen LogP contribution in [0.25, 0.3) is 0 Å². The van der Waals surface area contributed by atoms with E-state index >= 15 is 0 Å². The molecule has 0 aliphatic carbocycles. The zero-order chi connectivity index (χ0) is 15.6. The highest BCUT2D eigenvalue weighted by atomic mass is 35.5. The predicted octanol–water partition coefficient (Wildman–Crippen LogP) is 5.48. The maximum Gasteiger partial charge on any atom is 0.239 e. The Morgan fingerprint density at radius 2 is 2.00 bits per heavy atom. The zero-order valence-corrected chi connectivity index (χ0v) is 13.5. The number of nitrogens with zero attached hydrogens (tertiary/aromatic N) is 2. The summed E-state index contributed by atoms with van der Waals surface area (Å²) in [5.74, 6) is 1.12. The Morgan fingerprint density at radius 3 is 2.62 bits per heavy atom. The van der Waals surface area contributed by atoms with Gasteiger partial charge in [-0.05, 0) is 42.2 Å². The average Bonchev–Trinajstić information content (AvgIpc) is 2.43. The Hall–Kier alpha value is -1.76. The van der Waals surface area contributed by atoms with Crippen LogP contribution in [-0.2, 0) is 0 Å². The van der Waals surface area contributed by atoms with Gasteiger partial charge in [0.25, 0.3) is 0 Å². The third kappa shape index (κ3) is 3.29. The fourth-order valence-corrected chi connectivity index (χ4v) is 2.54. The molecule has 1 aromatic carbocycles. The van der Waals surface area contributed by atoms with Crippen molar-refractivity contribution in [1.29, 1.82) is 5.26 Å². The van der Waals surface area contributed by atoms with Crippen molar-refractivity contribution in [2.45, 2.75) is 26.7 Å². The first kappa shape index (κ1) is 15.6. The van der Waals surface area contributed by atoms with E-state index in [1.165, 1.54) is 6.20 Å². The van der Waals surface area contributed by atoms with Crippen molar-refractivity contribution >= 4 is 23.2 Å². The highest BCUT2D eigenvalue weighted by molar-refractivity contribution is 6.33. The second-order valence-corrected chi connectivity index (χ2v) is 5.77. The van der Waals surface area contributed by atoms with Gasteiger partial charge in [0.05, 0.1) is 5.56 Å². The van der Waals surface area contributed by atoms with Crippen LogP contribution >= 0.6 is 23.2 Å². The number of hydrogen-bond acceptors (Lipinski definition) is 3. The molecule has 0 amide bonds. The molecule has 3 nitrogen and oxygen atoms in total. The molecular weight excluding hydrogens is 307 g/mol. The second kappa shape index (κ2) is 6.34. The van der Waals surface area contributed by atoms with Crippen molar-refractivity contribution in [3.63, 3.8) is 0 Å². The number of pyridine rings is 1. The number of hydrogen-bond donors (Lipinski definition) is 0. The van der Waals surface area contributed by atoms with Crippen LogP contribution in [0.5, 0.6) is 11.6 Å². The summed E-state index contributed by atoms with van der Waals surface area (Å²) in [5.41, 5.74) is 2.20. The number of rotatable bonds is 3. The van der Waals surface area contributed by atoms with Gasteiger partial charge >= 0.3 is 0 Å². The van der Waals surface area contributed by atoms with Gasteiger partial charge in [0.1, 0.15) is 16.8 Å². The van der Waals surface area contributed by atoms with Crippen LogP contribution in [-0.4, -0.2) is 4.98 Å². The summed E-state index contributed by atoms with van der Waals surface area (Å²) in [4.78, 5) is 4.08. The molecule has 5 heteroatoms. The highest BCUT2D eigenvalue weighted by Gasteiger charge is 2.14. The lowest BCUT2D eigenvalue weighted by atomic mass is 10.0. The van der Waals surface area contributed by atoms with Crippen molar-refractivity contribution in [3.8, 4) is 17.7 Å². The number of nitriles is 1. The number of ether oxygens (including phenoxy) is 1. The first-order valence-electron chi connectivity index (χ1n) is 6.46. The van der Waals surface area contributed by atoms with Gasteiger partial charge in [-0.2, -0.15) is 5.26 Å². The predicted molar refractivity (Wildman–Crippen MR) is 84.3 cm³/mol. The van der Waals surface area contributed by atoms with Crippen LogP contribution in [0, 0.1) is 18.3 Å². The molecule has 1 aromatic heterocycles. The molecule has 0 saturated heterocycles. The number of aryl methyl sites for hydroxylation is 1. The van der Waals surface area contributed by atoms with E-state index in [0.29, 0.717) is 16.3 Å². The SMILES string of the molecule is Cc1cc(Cl)c(C(C)C)cc1Oc1nccc(C#N)c1Cl. The van der Waals surface area contributed by atoms with Crippen LogP contribution in [0.15, 0.2) is 24.4 Å². The molecule has 0 N–H and O–H groups in total. The van der Waals surface area contributed by atoms with Crippen molar-refractivity contribution < 1.29 is 4.74 Å². The standard InChI is InChI=1S/C16H14Cl2N2O/c1-9(2)12-7-14(10(3)6-13(12)17)21-16-15(18)11(8-19)4-5-20-16/h4-7,9H,1-3H3. The topological polar surface area (TPSA) is 45.9 Å². The molecule has 0 radical (unpaired) electrons. The van der Waals surface area contributed by atoms with Crippen LogP contribution in [0.4, 0.5) is 0 Å². The summed E-state index contributed by atoms with van der Waals surface area (Å²) in [6.07, 6.45) is 1.49. The first-order chi connectivity index (χ1) is 9.93. The lowest BCUT2D eigenvalue weighted by Gasteiger charge is -2.14. The molecule has 0 spiro atoms. The van der Waals surface area contributed by atoms with E-state index in [2.05, 4.69) is 18.8 Å². The summed E-state index contributed by atoms with van der Waals surface area (Å²) < 4.78 is 5.78. The first-order valence-corrected chi connectivity index (χ1v) is 7.22. The van der Waals surface area contributed by atoms with E-state index in [1.54, 1.807) is 6.07 Å². The van der Waals surface area contributed by atoms with E-state index in [1.807, 2.05) is 25.1 Å². The normalized spacial score (nSPS) is 10.5. The van der Waals surface area contributed by atoms with E-state index in [-0.39, 0.29) is 16.8 Å². The summed E-state index contributed by atoms with van der Waals surface area (Å²) in [7, 11) is 0. The molecule has 108 valence electrons. The van der Waals surface area contributed by atoms with Gasteiger partial charge in [0, 0.05) is 11.2 Å². The van der Waals surface area contributed by atoms with Gasteiger partial charge in [-0.3, -0.25) is 0 Å². The minimum atomic E-state index is 0.209. The second-order valence-electron chi connectivity index (χ2n) is 4.99. The Morgan fingerprint density at radius 1 is 1.29 bits per heavy atom. The quantitative estimate of drug-likeness (QED) is 0.751. The molecule has 2 aromatic rings. The molecule has 0 atom stereocenters. The highest BCUT2D eigenvalue weighted by Crippen LogP contribution is 2.35. The molecule has 0 aliphatic heterocycles. The largest absolute Gasteiger partial charge is 0.437 e. The summed E-state index contributed by atoms with van der Waals surface area (Å²) in [6, 6.07) is 7.29. The fraction of sp³-hybridized carbons (Fsp3) is 0.250. The Bertz CT molecular complexity index is 721. The van der Waals surface area contributed by atoms with Crippen LogP contribution < -0.4 is 4.74 Å². The molecule has 0 saturated carbocycles. The Balaban J connectivity index is 2.45. The van der Waals surface area contributed by atoms with Gasteiger partial charge in [0.15, 0.2) is 0 Å². The summed E-state index contributed by atoms with van der Waals surface area (Å²) >= 11 is 12.3. The Kier molecular flexibility index (Phi) is 4.72. The summed E-state index contributed by atoms with van der Waals surface area (Å²) in [5, 5.41) is 9.90. The van der Waals surface area contributed by atoms with Crippen molar-refractivity contribution in [3.05, 3.63) is 51.1 Å². The molecule has 0 fully saturated rings. The van der Waals surface area contributed by atoms with Crippen molar-refractivity contribution in [1.82, 2.24) is 4.98 Å². The molecule has 0 unspecified atom stereocenters. The van der Waals surface area contributed by atoms with E-state index in [0.717, 1.165) is 11.1 Å². The lowest BCUT2D eigenvalue weighted by molar-refractivity contribution is 0.458. The smallest absolute Gasteiger partial charge is 0.239 e. The minimum Gasteiger partial charge on any atom is -0.437 e. The van der Waals surface area contributed by atoms with Crippen LogP contribution in [0.3, 0.4) is 0 Å². The van der Waals surface area contributed by atoms with Gasteiger partial charge in [0.2, 0.25) is 5.88 Å². The third-order valence-electron chi connectivity index (χ3n) is 3.10. The number of benzene rings is 1. The number of halogens is 2. The van der Waals surface area contributed by atoms with Gasteiger partial charge in [-0.1, -0.05) is 37.0 Å². The number of aromatic nitrogens is 1. The van der Waals surface area contributed by atoms with Gasteiger partial charge in [-0.25, -0.2) is 4.98 Å². The molecule has 0 bridgehead atoms. The molecule has 21 heavy (non-hydrogen) atoms. The van der Waals surface area contributed by atoms with Gasteiger partial charge in [-0.15, -0.1) is 0 Å². The van der Waals surface area contributed by atoms with Crippen LogP contribution in [0.2, 0.25) is 10.0 Å². The van der Waals surface area contributed by atoms with E-state index < -0.39 is 0 Å². The Labute approximate surface area is 134 Å². The zero-order valence-electron chi connectivity index (χ0n) is 11.9. The fourth-order valence-electron chi connectivity index (χ4n) is 1.91. The monoisotopic (exact) mass is 320 g/mol. The molecule has 0 aliphatic rings. The average molecular weight is 321 g/mol. The maximum atomic E-state index is 8.98. The van der Waals surface area contributed by atoms with Crippen molar-refractivity contribution in [2.24, 2.45) is 0 Å². The molecule has 2 rings (SSSR count). The summed E-state index contributed by atoms with van der Waals surface area (Å²) in [6.45, 7) is 6.01. The van der Waals surface area contributed by atoms with Gasteiger partial charge < -0.3 is 4.74 Å². The minimum absolute atomic E-state index is 0.209. The van der Waals surface area contributed by atoms with Crippen LogP contribution in [0.1, 0.15) is 36.5 Å². The molecule has 1 heterocycles. The van der Waals surface area contributed by atoms with Crippen molar-refractivity contribution in [2.75, 3.05) is 0 Å². The molecular formula is C16H14Cl2N2O. The van der Waals surface area contributed by atoms with E-state index in [4.69, 9.17) is 33.2 Å².